The average Bonchev–Trinajstić information content (AvgIpc) is 2.83. The van der Waals surface area contributed by atoms with E-state index in [2.05, 4.69) is 5.32 Å². The zero-order chi connectivity index (χ0) is 17.1. The van der Waals surface area contributed by atoms with E-state index >= 15 is 0 Å². The number of carbonyl (C=O) groups excluding carboxylic acids is 1. The lowest BCUT2D eigenvalue weighted by Crippen LogP contribution is -2.33. The summed E-state index contributed by atoms with van der Waals surface area (Å²) in [6, 6.07) is 13.2. The van der Waals surface area contributed by atoms with Crippen LogP contribution in [0.15, 0.2) is 53.4 Å². The minimum atomic E-state index is -0.316. The summed E-state index contributed by atoms with van der Waals surface area (Å²) in [5, 5.41) is 3.68. The van der Waals surface area contributed by atoms with Crippen molar-refractivity contribution in [3.8, 4) is 0 Å². The first kappa shape index (κ1) is 17.0. The molecule has 0 bridgehead atoms. The van der Waals surface area contributed by atoms with Gasteiger partial charge in [-0.05, 0) is 35.9 Å². The van der Waals surface area contributed by atoms with E-state index in [1.54, 1.807) is 24.3 Å². The number of thioether (sulfide) groups is 1. The number of anilines is 1. The predicted molar refractivity (Wildman–Crippen MR) is 101 cm³/mol. The molecule has 1 heterocycles. The molecule has 2 aromatic carbocycles. The minimum absolute atomic E-state index is 0.186. The van der Waals surface area contributed by atoms with Gasteiger partial charge in [0.1, 0.15) is 10.1 Å². The van der Waals surface area contributed by atoms with Crippen molar-refractivity contribution in [3.63, 3.8) is 0 Å². The second-order valence-electron chi connectivity index (χ2n) is 4.98. The van der Waals surface area contributed by atoms with Crippen LogP contribution in [0.4, 0.5) is 10.1 Å². The van der Waals surface area contributed by atoms with Crippen LogP contribution < -0.4 is 5.32 Å². The Balaban J connectivity index is 1.72. The molecule has 1 aliphatic heterocycles. The largest absolute Gasteiger partial charge is 0.366 e. The first-order chi connectivity index (χ1) is 11.5. The quantitative estimate of drug-likeness (QED) is 0.614. The molecule has 0 radical (unpaired) electrons. The van der Waals surface area contributed by atoms with Gasteiger partial charge < -0.3 is 5.32 Å². The number of hydrogen-bond donors (Lipinski definition) is 1. The van der Waals surface area contributed by atoms with Crippen LogP contribution in [0.5, 0.6) is 0 Å². The van der Waals surface area contributed by atoms with Crippen LogP contribution in [-0.4, -0.2) is 21.8 Å². The van der Waals surface area contributed by atoms with Gasteiger partial charge in [-0.15, -0.1) is 0 Å². The Kier molecular flexibility index (Phi) is 5.18. The SMILES string of the molecule is O=C1/C(=C/c2ccc(F)cc2)SC(=S)N1CNc1ccccc1Cl. The predicted octanol–water partition coefficient (Wildman–Crippen LogP) is 4.75. The standard InChI is InChI=1S/C17H12ClFN2OS2/c18-13-3-1-2-4-14(13)20-10-21-16(22)15(24-17(21)23)9-11-5-7-12(19)8-6-11/h1-9,20H,10H2/b15-9-. The second kappa shape index (κ2) is 7.34. The molecular weight excluding hydrogens is 367 g/mol. The van der Waals surface area contributed by atoms with Crippen LogP contribution in [0.25, 0.3) is 6.08 Å². The number of nitrogens with zero attached hydrogens (tertiary/aromatic N) is 1. The summed E-state index contributed by atoms with van der Waals surface area (Å²) in [5.41, 5.74) is 1.48. The molecular formula is C17H12ClFN2OS2. The van der Waals surface area contributed by atoms with Crippen molar-refractivity contribution in [3.05, 3.63) is 69.8 Å². The summed E-state index contributed by atoms with van der Waals surface area (Å²) in [6.07, 6.45) is 1.70. The fourth-order valence-electron chi connectivity index (χ4n) is 2.12. The zero-order valence-electron chi connectivity index (χ0n) is 12.3. The van der Waals surface area contributed by atoms with Crippen molar-refractivity contribution in [1.82, 2.24) is 4.90 Å². The van der Waals surface area contributed by atoms with E-state index in [1.165, 1.54) is 28.8 Å². The second-order valence-corrected chi connectivity index (χ2v) is 7.06. The minimum Gasteiger partial charge on any atom is -0.366 e. The Morgan fingerprint density at radius 3 is 2.62 bits per heavy atom. The molecule has 24 heavy (non-hydrogen) atoms. The maximum atomic E-state index is 13.0. The van der Waals surface area contributed by atoms with E-state index in [4.69, 9.17) is 23.8 Å². The number of amides is 1. The number of carbonyl (C=O) groups is 1. The lowest BCUT2D eigenvalue weighted by atomic mass is 10.2. The van der Waals surface area contributed by atoms with Gasteiger partial charge >= 0.3 is 0 Å². The molecule has 0 saturated carbocycles. The van der Waals surface area contributed by atoms with E-state index in [1.807, 2.05) is 18.2 Å². The van der Waals surface area contributed by atoms with Crippen molar-refractivity contribution in [2.45, 2.75) is 0 Å². The number of nitrogens with one attached hydrogen (secondary N) is 1. The molecule has 122 valence electrons. The van der Waals surface area contributed by atoms with Gasteiger partial charge in [-0.25, -0.2) is 4.39 Å². The average molecular weight is 379 g/mol. The van der Waals surface area contributed by atoms with Gasteiger partial charge in [-0.3, -0.25) is 9.69 Å². The Bertz CT molecular complexity index is 824. The van der Waals surface area contributed by atoms with Crippen molar-refractivity contribution in [2.75, 3.05) is 12.0 Å². The van der Waals surface area contributed by atoms with Crippen molar-refractivity contribution < 1.29 is 9.18 Å². The van der Waals surface area contributed by atoms with Gasteiger partial charge in [0, 0.05) is 0 Å². The number of rotatable bonds is 4. The third-order valence-electron chi connectivity index (χ3n) is 3.34. The van der Waals surface area contributed by atoms with E-state index in [9.17, 15) is 9.18 Å². The lowest BCUT2D eigenvalue weighted by Gasteiger charge is -2.16. The first-order valence-corrected chi connectivity index (χ1v) is 8.64. The molecule has 0 unspecified atom stereocenters. The van der Waals surface area contributed by atoms with E-state index < -0.39 is 0 Å². The van der Waals surface area contributed by atoms with Gasteiger partial charge in [0.25, 0.3) is 5.91 Å². The van der Waals surface area contributed by atoms with Crippen LogP contribution in [0, 0.1) is 5.82 Å². The number of hydrogen-bond acceptors (Lipinski definition) is 4. The van der Waals surface area contributed by atoms with Gasteiger partial charge in [0.2, 0.25) is 0 Å². The fraction of sp³-hybridized carbons (Fsp3) is 0.0588. The molecule has 0 atom stereocenters. The molecule has 2 aromatic rings. The van der Waals surface area contributed by atoms with Gasteiger partial charge in [0.05, 0.1) is 22.3 Å². The van der Waals surface area contributed by atoms with Gasteiger partial charge in [0.15, 0.2) is 0 Å². The van der Waals surface area contributed by atoms with Crippen molar-refractivity contribution >= 4 is 57.6 Å². The highest BCUT2D eigenvalue weighted by Gasteiger charge is 2.31. The first-order valence-electron chi connectivity index (χ1n) is 7.04. The molecule has 0 aliphatic carbocycles. The molecule has 3 rings (SSSR count). The highest BCUT2D eigenvalue weighted by atomic mass is 35.5. The number of halogens is 2. The normalized spacial score (nSPS) is 16.1. The Hall–Kier alpha value is -1.89. The van der Waals surface area contributed by atoms with E-state index in [-0.39, 0.29) is 18.4 Å². The number of thiocarbonyl (C=S) groups is 1. The van der Waals surface area contributed by atoms with Gasteiger partial charge in [-0.2, -0.15) is 0 Å². The third kappa shape index (κ3) is 3.77. The summed E-state index contributed by atoms with van der Waals surface area (Å²) in [5.74, 6) is -0.502. The molecule has 7 heteroatoms. The third-order valence-corrected chi connectivity index (χ3v) is 5.05. The lowest BCUT2D eigenvalue weighted by molar-refractivity contribution is -0.121. The molecule has 0 aromatic heterocycles. The molecule has 3 nitrogen and oxygen atoms in total. The number of benzene rings is 2. The Labute approximate surface area is 153 Å². The van der Waals surface area contributed by atoms with Crippen LogP contribution in [0.2, 0.25) is 5.02 Å². The summed E-state index contributed by atoms with van der Waals surface area (Å²) in [7, 11) is 0. The molecule has 1 aliphatic rings. The topological polar surface area (TPSA) is 32.3 Å². The summed E-state index contributed by atoms with van der Waals surface area (Å²) >= 11 is 12.6. The smallest absolute Gasteiger partial charge is 0.267 e. The van der Waals surface area contributed by atoms with E-state index in [0.29, 0.717) is 14.2 Å². The van der Waals surface area contributed by atoms with E-state index in [0.717, 1.165) is 11.3 Å². The van der Waals surface area contributed by atoms with Crippen molar-refractivity contribution in [2.24, 2.45) is 0 Å². The van der Waals surface area contributed by atoms with Crippen LogP contribution >= 0.6 is 35.6 Å². The molecule has 1 N–H and O–H groups in total. The monoisotopic (exact) mass is 378 g/mol. The molecule has 1 fully saturated rings. The summed E-state index contributed by atoms with van der Waals surface area (Å²) < 4.78 is 13.4. The van der Waals surface area contributed by atoms with Crippen LogP contribution in [-0.2, 0) is 4.79 Å². The highest BCUT2D eigenvalue weighted by molar-refractivity contribution is 8.26. The maximum Gasteiger partial charge on any atom is 0.267 e. The molecule has 1 amide bonds. The summed E-state index contributed by atoms with van der Waals surface area (Å²) in [6.45, 7) is 0.231. The highest BCUT2D eigenvalue weighted by Crippen LogP contribution is 2.32. The Morgan fingerprint density at radius 1 is 1.21 bits per heavy atom. The number of para-hydroxylation sites is 1. The van der Waals surface area contributed by atoms with Crippen LogP contribution in [0.1, 0.15) is 5.56 Å². The summed E-state index contributed by atoms with van der Waals surface area (Å²) in [4.78, 5) is 14.5. The Morgan fingerprint density at radius 2 is 1.92 bits per heavy atom. The zero-order valence-corrected chi connectivity index (χ0v) is 14.7. The fourth-order valence-corrected chi connectivity index (χ4v) is 3.57. The maximum absolute atomic E-state index is 13.0. The van der Waals surface area contributed by atoms with Gasteiger partial charge in [-0.1, -0.05) is 59.8 Å². The molecule has 0 spiro atoms. The van der Waals surface area contributed by atoms with Crippen molar-refractivity contribution in [1.29, 1.82) is 0 Å². The van der Waals surface area contributed by atoms with Crippen LogP contribution in [0.3, 0.4) is 0 Å². The molecule has 1 saturated heterocycles.